The number of carbonyl (C=O) groups is 1. The van der Waals surface area contributed by atoms with Gasteiger partial charge in [0.25, 0.3) is 0 Å². The zero-order chi connectivity index (χ0) is 20.1. The van der Waals surface area contributed by atoms with Gasteiger partial charge >= 0.3 is 5.97 Å². The smallest absolute Gasteiger partial charge is 0.330 e. The first-order valence-corrected chi connectivity index (χ1v) is 14.9. The summed E-state index contributed by atoms with van der Waals surface area (Å²) in [7, 11) is -2.36. The fraction of sp³-hybridized carbons (Fsp3) is 0.842. The van der Waals surface area contributed by atoms with Gasteiger partial charge in [-0.15, -0.1) is 0 Å². The Bertz CT molecular complexity index is 457. The van der Waals surface area contributed by atoms with Gasteiger partial charge in [-0.1, -0.05) is 47.6 Å². The third-order valence-electron chi connectivity index (χ3n) is 5.56. The molecule has 0 unspecified atom stereocenters. The Morgan fingerprint density at radius 1 is 0.960 bits per heavy atom. The number of esters is 1. The number of carbonyl (C=O) groups excluding carboxylic acids is 1. The molecule has 0 amide bonds. The molecular weight excluding hydrogens is 348 g/mol. The van der Waals surface area contributed by atoms with Gasteiger partial charge in [-0.2, -0.15) is 0 Å². The van der Waals surface area contributed by atoms with Crippen LogP contribution in [0, 0.1) is 0 Å². The lowest BCUT2D eigenvalue weighted by Crippen LogP contribution is -2.47. The molecule has 0 N–H and O–H groups in total. The first kappa shape index (κ1) is 24.6. The topological polar surface area (TPSA) is 44.8 Å². The van der Waals surface area contributed by atoms with Crippen molar-refractivity contribution in [3.63, 3.8) is 0 Å². The molecule has 0 fully saturated rings. The van der Waals surface area contributed by atoms with Crippen molar-refractivity contribution < 1.29 is 18.4 Å². The molecule has 0 aliphatic heterocycles. The van der Waals surface area contributed by atoms with Crippen molar-refractivity contribution >= 4 is 22.6 Å². The molecule has 6 heteroatoms. The molecule has 0 saturated heterocycles. The molecule has 0 saturated carbocycles. The molecule has 0 heterocycles. The van der Waals surface area contributed by atoms with Crippen LogP contribution in [0.2, 0.25) is 36.3 Å². The van der Waals surface area contributed by atoms with Crippen LogP contribution in [0.5, 0.6) is 0 Å². The van der Waals surface area contributed by atoms with Crippen LogP contribution in [0.25, 0.3) is 0 Å². The third-order valence-corrected chi connectivity index (χ3v) is 14.6. The maximum Gasteiger partial charge on any atom is 0.330 e. The molecular formula is C19H40O4Si2. The van der Waals surface area contributed by atoms with Crippen molar-refractivity contribution in [3.8, 4) is 0 Å². The lowest BCUT2D eigenvalue weighted by Gasteiger charge is -2.41. The van der Waals surface area contributed by atoms with Gasteiger partial charge in [0.15, 0.2) is 16.6 Å². The quantitative estimate of drug-likeness (QED) is 0.312. The second-order valence-corrected chi connectivity index (χ2v) is 19.3. The van der Waals surface area contributed by atoms with E-state index in [1.54, 1.807) is 0 Å². The number of rotatable bonds is 8. The van der Waals surface area contributed by atoms with Gasteiger partial charge in [0.05, 0.1) is 19.8 Å². The first-order chi connectivity index (χ1) is 11.0. The third kappa shape index (κ3) is 8.20. The summed E-state index contributed by atoms with van der Waals surface area (Å²) in [4.78, 5) is 11.3. The molecule has 0 aromatic rings. The highest BCUT2D eigenvalue weighted by atomic mass is 28.4. The van der Waals surface area contributed by atoms with E-state index in [2.05, 4.69) is 72.5 Å². The summed E-state index contributed by atoms with van der Waals surface area (Å²) < 4.78 is 17.6. The van der Waals surface area contributed by atoms with Crippen LogP contribution in [0.3, 0.4) is 0 Å². The Balaban J connectivity index is 5.14. The van der Waals surface area contributed by atoms with E-state index in [1.165, 1.54) is 13.2 Å². The Kier molecular flexibility index (Phi) is 8.82. The molecule has 0 spiro atoms. The van der Waals surface area contributed by atoms with Gasteiger partial charge in [0.2, 0.25) is 0 Å². The van der Waals surface area contributed by atoms with Crippen molar-refractivity contribution in [1.82, 2.24) is 0 Å². The Morgan fingerprint density at radius 3 is 1.84 bits per heavy atom. The predicted molar refractivity (Wildman–Crippen MR) is 111 cm³/mol. The van der Waals surface area contributed by atoms with E-state index in [0.29, 0.717) is 13.0 Å². The SMILES string of the molecule is COC(=O)/C=C\C[C@H](CO[Si](C)(C)C(C)(C)C)O[Si](C)(C)C(C)(C)C. The lowest BCUT2D eigenvalue weighted by atomic mass is 10.2. The predicted octanol–water partition coefficient (Wildman–Crippen LogP) is 5.52. The molecule has 4 nitrogen and oxygen atoms in total. The second-order valence-electron chi connectivity index (χ2n) is 9.73. The molecule has 0 aromatic heterocycles. The van der Waals surface area contributed by atoms with Crippen LogP contribution in [-0.4, -0.2) is 42.4 Å². The van der Waals surface area contributed by atoms with Crippen LogP contribution < -0.4 is 0 Å². The van der Waals surface area contributed by atoms with Gasteiger partial charge < -0.3 is 13.6 Å². The first-order valence-electron chi connectivity index (χ1n) is 9.10. The normalized spacial score (nSPS) is 15.5. The summed E-state index contributed by atoms with van der Waals surface area (Å²) in [6, 6.07) is 0. The van der Waals surface area contributed by atoms with Crippen LogP contribution in [0.4, 0.5) is 0 Å². The van der Waals surface area contributed by atoms with Crippen molar-refractivity contribution in [3.05, 3.63) is 12.2 Å². The minimum atomic E-state index is -1.91. The molecule has 0 radical (unpaired) electrons. The molecule has 148 valence electrons. The van der Waals surface area contributed by atoms with Gasteiger partial charge in [-0.05, 0) is 42.7 Å². The fourth-order valence-corrected chi connectivity index (χ4v) is 4.03. The van der Waals surface area contributed by atoms with Gasteiger partial charge in [-0.25, -0.2) is 4.79 Å². The molecule has 0 aliphatic rings. The summed E-state index contributed by atoms with van der Waals surface area (Å²) >= 11 is 0. The van der Waals surface area contributed by atoms with E-state index in [-0.39, 0.29) is 22.1 Å². The average molecular weight is 389 g/mol. The summed E-state index contributed by atoms with van der Waals surface area (Å²) in [5.41, 5.74) is 0. The van der Waals surface area contributed by atoms with Crippen LogP contribution >= 0.6 is 0 Å². The highest BCUT2D eigenvalue weighted by molar-refractivity contribution is 6.74. The maximum atomic E-state index is 11.3. The standard InChI is InChI=1S/C19H40O4Si2/c1-18(2,3)24(8,9)22-15-16(13-12-14-17(20)21-7)23-25(10,11)19(4,5)6/h12,14,16H,13,15H2,1-11H3/b14-12-/t16-/m1/s1. The fourth-order valence-electron chi connectivity index (χ4n) is 1.65. The minimum Gasteiger partial charge on any atom is -0.466 e. The molecule has 25 heavy (non-hydrogen) atoms. The molecule has 0 aromatic carbocycles. The summed E-state index contributed by atoms with van der Waals surface area (Å²) in [5.74, 6) is -0.337. The van der Waals surface area contributed by atoms with Crippen molar-refractivity contribution in [2.45, 2.75) is 90.3 Å². The summed E-state index contributed by atoms with van der Waals surface area (Å²) in [5, 5.41) is 0.296. The highest BCUT2D eigenvalue weighted by Gasteiger charge is 2.41. The zero-order valence-electron chi connectivity index (χ0n) is 18.3. The van der Waals surface area contributed by atoms with E-state index >= 15 is 0 Å². The minimum absolute atomic E-state index is 0.0454. The van der Waals surface area contributed by atoms with Crippen LogP contribution in [0.15, 0.2) is 12.2 Å². The Morgan fingerprint density at radius 2 is 1.44 bits per heavy atom. The highest BCUT2D eigenvalue weighted by Crippen LogP contribution is 2.39. The molecule has 1 atom stereocenters. The Hall–Kier alpha value is -0.436. The van der Waals surface area contributed by atoms with Gasteiger partial charge in [0.1, 0.15) is 0 Å². The Labute approximate surface area is 157 Å². The lowest BCUT2D eigenvalue weighted by molar-refractivity contribution is -0.134. The molecule has 0 rings (SSSR count). The van der Waals surface area contributed by atoms with Crippen molar-refractivity contribution in [1.29, 1.82) is 0 Å². The van der Waals surface area contributed by atoms with Gasteiger partial charge in [-0.3, -0.25) is 0 Å². The number of ether oxygens (including phenoxy) is 1. The molecule has 0 bridgehead atoms. The number of hydrogen-bond acceptors (Lipinski definition) is 4. The van der Waals surface area contributed by atoms with E-state index in [0.717, 1.165) is 0 Å². The van der Waals surface area contributed by atoms with Crippen LogP contribution in [0.1, 0.15) is 48.0 Å². The van der Waals surface area contributed by atoms with E-state index in [1.807, 2.05) is 6.08 Å². The van der Waals surface area contributed by atoms with Crippen LogP contribution in [-0.2, 0) is 18.4 Å². The number of hydrogen-bond donors (Lipinski definition) is 0. The van der Waals surface area contributed by atoms with E-state index < -0.39 is 16.6 Å². The van der Waals surface area contributed by atoms with Gasteiger partial charge in [0, 0.05) is 6.08 Å². The average Bonchev–Trinajstić information content (AvgIpc) is 2.41. The monoisotopic (exact) mass is 388 g/mol. The van der Waals surface area contributed by atoms with Crippen molar-refractivity contribution in [2.75, 3.05) is 13.7 Å². The zero-order valence-corrected chi connectivity index (χ0v) is 20.3. The largest absolute Gasteiger partial charge is 0.466 e. The van der Waals surface area contributed by atoms with E-state index in [4.69, 9.17) is 8.85 Å². The van der Waals surface area contributed by atoms with Crippen molar-refractivity contribution in [2.24, 2.45) is 0 Å². The molecule has 0 aliphatic carbocycles. The second kappa shape index (κ2) is 8.97. The maximum absolute atomic E-state index is 11.3. The summed E-state index contributed by atoms with van der Waals surface area (Å²) in [6.07, 6.45) is 3.90. The number of methoxy groups -OCH3 is 1. The van der Waals surface area contributed by atoms with E-state index in [9.17, 15) is 4.79 Å². The summed E-state index contributed by atoms with van der Waals surface area (Å²) in [6.45, 7) is 23.0.